The van der Waals surface area contributed by atoms with E-state index in [4.69, 9.17) is 0 Å². The van der Waals surface area contributed by atoms with Crippen molar-refractivity contribution < 1.29 is 0 Å². The van der Waals surface area contributed by atoms with Crippen molar-refractivity contribution in [3.8, 4) is 0 Å². The molecule has 1 aromatic rings. The molecule has 0 bridgehead atoms. The summed E-state index contributed by atoms with van der Waals surface area (Å²) in [5.74, 6) is 0. The maximum absolute atomic E-state index is 2.04. The van der Waals surface area contributed by atoms with Crippen molar-refractivity contribution in [2.75, 3.05) is 0 Å². The van der Waals surface area contributed by atoms with Gasteiger partial charge in [-0.2, -0.15) is 11.3 Å². The smallest absolute Gasteiger partial charge is 0.00934 e. The van der Waals surface area contributed by atoms with E-state index in [0.717, 1.165) is 0 Å². The van der Waals surface area contributed by atoms with E-state index in [1.807, 2.05) is 22.9 Å². The predicted molar refractivity (Wildman–Crippen MR) is 55.1 cm³/mol. The lowest BCUT2D eigenvalue weighted by molar-refractivity contribution is 2.03. The first kappa shape index (κ1) is 11.0. The minimum Gasteiger partial charge on any atom is -0.152 e. The summed E-state index contributed by atoms with van der Waals surface area (Å²) < 4.78 is 0. The van der Waals surface area contributed by atoms with E-state index < -0.39 is 0 Å². The highest BCUT2D eigenvalue weighted by atomic mass is 127. The molecule has 0 fully saturated rings. The molecule has 0 nitrogen and oxygen atoms in total. The predicted octanol–water partition coefficient (Wildman–Crippen LogP) is 2.98. The van der Waals surface area contributed by atoms with Crippen LogP contribution in [-0.4, -0.2) is 0 Å². The largest absolute Gasteiger partial charge is 0.152 e. The van der Waals surface area contributed by atoms with Crippen molar-refractivity contribution in [3.63, 3.8) is 0 Å². The van der Waals surface area contributed by atoms with E-state index >= 15 is 0 Å². The van der Waals surface area contributed by atoms with Gasteiger partial charge >= 0.3 is 0 Å². The molecule has 0 atom stereocenters. The van der Waals surface area contributed by atoms with Gasteiger partial charge in [0.1, 0.15) is 0 Å². The Hall–Kier alpha value is 1.16. The molecule has 0 amide bonds. The Morgan fingerprint density at radius 2 is 1.29 bits per heavy atom. The third-order valence-corrected chi connectivity index (χ3v) is 1.05. The fourth-order valence-corrected chi connectivity index (χ4v) is 0.680. The van der Waals surface area contributed by atoms with E-state index in [9.17, 15) is 0 Å². The zero-order valence-electron chi connectivity index (χ0n) is 3.53. The molecule has 0 saturated carbocycles. The topological polar surface area (TPSA) is 0 Å². The minimum atomic E-state index is 0. The van der Waals surface area contributed by atoms with Crippen LogP contribution in [0.4, 0.5) is 0 Å². The van der Waals surface area contributed by atoms with Crippen LogP contribution in [0, 0.1) is 0 Å². The maximum atomic E-state index is 2.04. The highest BCUT2D eigenvalue weighted by Crippen LogP contribution is 1.91. The second-order valence-electron chi connectivity index (χ2n) is 0.793. The Labute approximate surface area is 81.4 Å². The van der Waals surface area contributed by atoms with Crippen LogP contribution in [0.2, 0.25) is 0 Å². The second kappa shape index (κ2) is 7.16. The molecule has 0 N–H and O–H groups in total. The van der Waals surface area contributed by atoms with Gasteiger partial charge in [-0.3, -0.25) is 0 Å². The number of hydrogen-bond acceptors (Lipinski definition) is 1. The van der Waals surface area contributed by atoms with Crippen LogP contribution >= 0.6 is 59.3 Å². The first-order chi connectivity index (χ1) is 2.50. The molecule has 0 saturated heterocycles. The SMILES string of the molecule is I.I.c1ccsc1. The van der Waals surface area contributed by atoms with Gasteiger partial charge in [-0.15, -0.1) is 48.0 Å². The van der Waals surface area contributed by atoms with E-state index in [0.29, 0.717) is 0 Å². The number of thiophene rings is 1. The summed E-state index contributed by atoms with van der Waals surface area (Å²) >= 11 is 1.71. The molecule has 1 aromatic heterocycles. The van der Waals surface area contributed by atoms with Crippen LogP contribution in [0.25, 0.3) is 0 Å². The van der Waals surface area contributed by atoms with Gasteiger partial charge in [-0.25, -0.2) is 0 Å². The number of hydrogen-bond donors (Lipinski definition) is 0. The van der Waals surface area contributed by atoms with E-state index in [2.05, 4.69) is 0 Å². The van der Waals surface area contributed by atoms with Gasteiger partial charge in [0.15, 0.2) is 0 Å². The molecule has 0 radical (unpaired) electrons. The van der Waals surface area contributed by atoms with Gasteiger partial charge < -0.3 is 0 Å². The zero-order valence-corrected chi connectivity index (χ0v) is 9.01. The van der Waals surface area contributed by atoms with Crippen molar-refractivity contribution >= 4 is 59.3 Å². The first-order valence-electron chi connectivity index (χ1n) is 1.47. The lowest BCUT2D eigenvalue weighted by Gasteiger charge is -1.39. The second-order valence-corrected chi connectivity index (χ2v) is 1.61. The van der Waals surface area contributed by atoms with Crippen LogP contribution in [0.15, 0.2) is 22.9 Å². The average Bonchev–Trinajstić information content (AvgIpc) is 1.76. The molecule has 0 aliphatic rings. The maximum Gasteiger partial charge on any atom is -0.00934 e. The molecule has 0 aromatic carbocycles. The van der Waals surface area contributed by atoms with Crippen LogP contribution in [0.5, 0.6) is 0 Å². The molecule has 0 unspecified atom stereocenters. The van der Waals surface area contributed by atoms with E-state index in [1.165, 1.54) is 0 Å². The third kappa shape index (κ3) is 5.02. The normalized spacial score (nSPS) is 5.71. The van der Waals surface area contributed by atoms with Crippen LogP contribution in [0.1, 0.15) is 0 Å². The average molecular weight is 340 g/mol. The van der Waals surface area contributed by atoms with Crippen molar-refractivity contribution in [3.05, 3.63) is 22.9 Å². The summed E-state index contributed by atoms with van der Waals surface area (Å²) in [4.78, 5) is 0. The molecule has 1 heterocycles. The highest BCUT2D eigenvalue weighted by Gasteiger charge is 1.58. The molecule has 0 aliphatic heterocycles. The number of halogens is 2. The highest BCUT2D eigenvalue weighted by molar-refractivity contribution is 14.0. The lowest BCUT2D eigenvalue weighted by Crippen LogP contribution is -1.16. The molecule has 0 aliphatic carbocycles. The summed E-state index contributed by atoms with van der Waals surface area (Å²) in [5, 5.41) is 4.08. The molecule has 0 spiro atoms. The Kier molecular flexibility index (Phi) is 11.3. The van der Waals surface area contributed by atoms with Crippen molar-refractivity contribution in [2.45, 2.75) is 0 Å². The Morgan fingerprint density at radius 1 is 0.857 bits per heavy atom. The Balaban J connectivity index is 0. The summed E-state index contributed by atoms with van der Waals surface area (Å²) in [6.07, 6.45) is 0. The van der Waals surface area contributed by atoms with Crippen LogP contribution in [0.3, 0.4) is 0 Å². The van der Waals surface area contributed by atoms with Gasteiger partial charge in [0, 0.05) is 0 Å². The lowest BCUT2D eigenvalue weighted by atomic mass is 10.7. The fraction of sp³-hybridized carbons (Fsp3) is 0. The standard InChI is InChI=1S/C4H4S.2HI/c1-2-4-5-3-1;;/h1-4H;2*1H. The molecular formula is C4H6I2S. The minimum absolute atomic E-state index is 0. The van der Waals surface area contributed by atoms with Crippen molar-refractivity contribution in [1.82, 2.24) is 0 Å². The zero-order chi connectivity index (χ0) is 3.54. The van der Waals surface area contributed by atoms with Gasteiger partial charge in [-0.05, 0) is 10.8 Å². The molecule has 3 heteroatoms. The Bertz CT molecular complexity index is 66.2. The van der Waals surface area contributed by atoms with Gasteiger partial charge in [0.05, 0.1) is 0 Å². The monoisotopic (exact) mass is 340 g/mol. The van der Waals surface area contributed by atoms with Gasteiger partial charge in [-0.1, -0.05) is 12.1 Å². The van der Waals surface area contributed by atoms with Gasteiger partial charge in [0.25, 0.3) is 0 Å². The third-order valence-electron chi connectivity index (χ3n) is 0.425. The fourth-order valence-electron chi connectivity index (χ4n) is 0.227. The summed E-state index contributed by atoms with van der Waals surface area (Å²) in [7, 11) is 0. The van der Waals surface area contributed by atoms with Crippen molar-refractivity contribution in [1.29, 1.82) is 0 Å². The van der Waals surface area contributed by atoms with Crippen molar-refractivity contribution in [2.24, 2.45) is 0 Å². The van der Waals surface area contributed by atoms with Gasteiger partial charge in [0.2, 0.25) is 0 Å². The summed E-state index contributed by atoms with van der Waals surface area (Å²) in [5.41, 5.74) is 0. The quantitative estimate of drug-likeness (QED) is 0.637. The molecule has 42 valence electrons. The molecular weight excluding hydrogens is 334 g/mol. The van der Waals surface area contributed by atoms with Crippen LogP contribution < -0.4 is 0 Å². The Morgan fingerprint density at radius 3 is 1.43 bits per heavy atom. The van der Waals surface area contributed by atoms with E-state index in [-0.39, 0.29) is 48.0 Å². The molecule has 7 heavy (non-hydrogen) atoms. The van der Waals surface area contributed by atoms with E-state index in [1.54, 1.807) is 11.3 Å². The molecule has 1 rings (SSSR count). The van der Waals surface area contributed by atoms with Crippen LogP contribution in [-0.2, 0) is 0 Å². The number of rotatable bonds is 0. The first-order valence-corrected chi connectivity index (χ1v) is 2.41. The summed E-state index contributed by atoms with van der Waals surface area (Å²) in [6, 6.07) is 4.04. The summed E-state index contributed by atoms with van der Waals surface area (Å²) in [6.45, 7) is 0.